The lowest BCUT2D eigenvalue weighted by atomic mass is 9.99. The Morgan fingerprint density at radius 3 is 2.56 bits per heavy atom. The average Bonchev–Trinajstić information content (AvgIpc) is 2.40. The first kappa shape index (κ1) is 15.0. The number of hydrogen-bond donors (Lipinski definition) is 1. The smallest absolute Gasteiger partial charge is 0.0104 e. The summed E-state index contributed by atoms with van der Waals surface area (Å²) in [7, 11) is 0. The van der Waals surface area contributed by atoms with Crippen LogP contribution in [0.25, 0.3) is 0 Å². The lowest BCUT2D eigenvalue weighted by Gasteiger charge is -2.18. The molecule has 0 aromatic heterocycles. The summed E-state index contributed by atoms with van der Waals surface area (Å²) in [5.74, 6) is 0. The first-order valence-electron chi connectivity index (χ1n) is 7.20. The molecule has 100 valence electrons. The maximum absolute atomic E-state index is 4.12. The summed E-state index contributed by atoms with van der Waals surface area (Å²) in [5.41, 5.74) is 2.81. The summed E-state index contributed by atoms with van der Waals surface area (Å²) in [5, 5.41) is 3.57. The van der Waals surface area contributed by atoms with E-state index in [4.69, 9.17) is 0 Å². The molecule has 1 nitrogen and oxygen atoms in total. The normalized spacial score (nSPS) is 12.3. The van der Waals surface area contributed by atoms with Gasteiger partial charge in [-0.2, -0.15) is 0 Å². The molecule has 1 aromatic carbocycles. The Bertz CT molecular complexity index is 329. The van der Waals surface area contributed by atoms with Gasteiger partial charge in [0.25, 0.3) is 0 Å². The number of aryl methyl sites for hydroxylation is 1. The fraction of sp³-hybridized carbons (Fsp3) is 0.529. The van der Waals surface area contributed by atoms with Gasteiger partial charge in [-0.05, 0) is 44.2 Å². The van der Waals surface area contributed by atoms with Crippen molar-refractivity contribution >= 4 is 0 Å². The molecule has 1 heteroatoms. The van der Waals surface area contributed by atoms with Crippen LogP contribution >= 0.6 is 0 Å². The Kier molecular flexibility index (Phi) is 7.43. The Hall–Kier alpha value is -1.08. The van der Waals surface area contributed by atoms with Crippen molar-refractivity contribution in [3.05, 3.63) is 48.0 Å². The van der Waals surface area contributed by atoms with Crippen molar-refractivity contribution in [3.8, 4) is 0 Å². The number of benzene rings is 1. The van der Waals surface area contributed by atoms with E-state index in [0.29, 0.717) is 6.04 Å². The zero-order chi connectivity index (χ0) is 13.2. The lowest BCUT2D eigenvalue weighted by Crippen LogP contribution is -2.29. The van der Waals surface area contributed by atoms with E-state index in [0.717, 1.165) is 19.4 Å². The van der Waals surface area contributed by atoms with Gasteiger partial charge in [-0.1, -0.05) is 56.3 Å². The minimum Gasteiger partial charge on any atom is -0.314 e. The van der Waals surface area contributed by atoms with Crippen LogP contribution in [0.5, 0.6) is 0 Å². The zero-order valence-electron chi connectivity index (χ0n) is 11.9. The van der Waals surface area contributed by atoms with Gasteiger partial charge in [0.1, 0.15) is 0 Å². The van der Waals surface area contributed by atoms with Gasteiger partial charge in [0.15, 0.2) is 0 Å². The van der Waals surface area contributed by atoms with Gasteiger partial charge in [0.05, 0.1) is 0 Å². The second-order valence-electron chi connectivity index (χ2n) is 4.94. The highest BCUT2D eigenvalue weighted by molar-refractivity contribution is 5.14. The standard InChI is InChI=1S/C17H27N/c1-4-15(3)14-17(18-5-2)13-9-12-16-10-7-6-8-11-16/h6-8,10-11,17-18H,3-5,9,12-14H2,1-2H3. The third-order valence-corrected chi connectivity index (χ3v) is 3.39. The van der Waals surface area contributed by atoms with Crippen LogP contribution in [-0.4, -0.2) is 12.6 Å². The highest BCUT2D eigenvalue weighted by atomic mass is 14.9. The van der Waals surface area contributed by atoms with Crippen molar-refractivity contribution in [1.29, 1.82) is 0 Å². The predicted octanol–water partition coefficient (Wildman–Crippen LogP) is 4.34. The molecule has 1 unspecified atom stereocenters. The van der Waals surface area contributed by atoms with E-state index in [1.54, 1.807) is 0 Å². The van der Waals surface area contributed by atoms with E-state index in [1.165, 1.54) is 30.4 Å². The van der Waals surface area contributed by atoms with Crippen LogP contribution in [0.15, 0.2) is 42.5 Å². The van der Waals surface area contributed by atoms with E-state index in [1.807, 2.05) is 0 Å². The third-order valence-electron chi connectivity index (χ3n) is 3.39. The Balaban J connectivity index is 2.31. The molecule has 0 spiro atoms. The fourth-order valence-electron chi connectivity index (χ4n) is 2.26. The molecule has 0 heterocycles. The zero-order valence-corrected chi connectivity index (χ0v) is 11.9. The summed E-state index contributed by atoms with van der Waals surface area (Å²) in [6, 6.07) is 11.4. The van der Waals surface area contributed by atoms with Crippen LogP contribution in [0.2, 0.25) is 0 Å². The second kappa shape index (κ2) is 8.93. The largest absolute Gasteiger partial charge is 0.314 e. The summed E-state index contributed by atoms with van der Waals surface area (Å²) >= 11 is 0. The first-order chi connectivity index (χ1) is 8.76. The van der Waals surface area contributed by atoms with Gasteiger partial charge in [-0.3, -0.25) is 0 Å². The molecule has 0 fully saturated rings. The van der Waals surface area contributed by atoms with E-state index >= 15 is 0 Å². The van der Waals surface area contributed by atoms with E-state index in [-0.39, 0.29) is 0 Å². The first-order valence-corrected chi connectivity index (χ1v) is 7.20. The van der Waals surface area contributed by atoms with Crippen LogP contribution in [0.4, 0.5) is 0 Å². The van der Waals surface area contributed by atoms with Crippen molar-refractivity contribution in [1.82, 2.24) is 5.32 Å². The molecule has 0 aliphatic rings. The van der Waals surface area contributed by atoms with E-state index in [2.05, 4.69) is 56.1 Å². The molecule has 1 N–H and O–H groups in total. The molecule has 0 radical (unpaired) electrons. The highest BCUT2D eigenvalue weighted by Crippen LogP contribution is 2.13. The van der Waals surface area contributed by atoms with Crippen LogP contribution in [0.1, 0.15) is 45.1 Å². The number of rotatable bonds is 9. The second-order valence-corrected chi connectivity index (χ2v) is 4.94. The minimum atomic E-state index is 0.603. The number of hydrogen-bond acceptors (Lipinski definition) is 1. The molecule has 0 bridgehead atoms. The Morgan fingerprint density at radius 2 is 1.94 bits per heavy atom. The topological polar surface area (TPSA) is 12.0 Å². The summed E-state index contributed by atoms with van der Waals surface area (Å²) < 4.78 is 0. The predicted molar refractivity (Wildman–Crippen MR) is 80.9 cm³/mol. The fourth-order valence-corrected chi connectivity index (χ4v) is 2.26. The molecule has 0 amide bonds. The van der Waals surface area contributed by atoms with Crippen molar-refractivity contribution < 1.29 is 0 Å². The Labute approximate surface area is 112 Å². The molecule has 1 atom stereocenters. The molecule has 0 aliphatic heterocycles. The molecular weight excluding hydrogens is 218 g/mol. The summed E-state index contributed by atoms with van der Waals surface area (Å²) in [6.45, 7) is 9.54. The maximum atomic E-state index is 4.12. The summed E-state index contributed by atoms with van der Waals surface area (Å²) in [4.78, 5) is 0. The van der Waals surface area contributed by atoms with E-state index < -0.39 is 0 Å². The SMILES string of the molecule is C=C(CC)CC(CCCc1ccccc1)NCC. The Morgan fingerprint density at radius 1 is 1.22 bits per heavy atom. The van der Waals surface area contributed by atoms with Gasteiger partial charge >= 0.3 is 0 Å². The monoisotopic (exact) mass is 245 g/mol. The summed E-state index contributed by atoms with van der Waals surface area (Å²) in [6.07, 6.45) is 5.89. The maximum Gasteiger partial charge on any atom is 0.0104 e. The van der Waals surface area contributed by atoms with Crippen LogP contribution in [0, 0.1) is 0 Å². The van der Waals surface area contributed by atoms with Crippen molar-refractivity contribution in [2.24, 2.45) is 0 Å². The van der Waals surface area contributed by atoms with Gasteiger partial charge < -0.3 is 5.32 Å². The highest BCUT2D eigenvalue weighted by Gasteiger charge is 2.08. The molecule has 18 heavy (non-hydrogen) atoms. The van der Waals surface area contributed by atoms with Gasteiger partial charge in [-0.25, -0.2) is 0 Å². The third kappa shape index (κ3) is 6.02. The van der Waals surface area contributed by atoms with Crippen LogP contribution in [0.3, 0.4) is 0 Å². The van der Waals surface area contributed by atoms with Crippen molar-refractivity contribution in [2.45, 2.75) is 52.0 Å². The number of nitrogens with one attached hydrogen (secondary N) is 1. The van der Waals surface area contributed by atoms with Crippen LogP contribution in [-0.2, 0) is 6.42 Å². The van der Waals surface area contributed by atoms with E-state index in [9.17, 15) is 0 Å². The van der Waals surface area contributed by atoms with Gasteiger partial charge in [0, 0.05) is 6.04 Å². The molecule has 0 saturated heterocycles. The van der Waals surface area contributed by atoms with Crippen LogP contribution < -0.4 is 5.32 Å². The quantitative estimate of drug-likeness (QED) is 0.638. The molecular formula is C17H27N. The average molecular weight is 245 g/mol. The molecule has 1 aromatic rings. The molecule has 1 rings (SSSR count). The van der Waals surface area contributed by atoms with Crippen molar-refractivity contribution in [2.75, 3.05) is 6.54 Å². The molecule has 0 saturated carbocycles. The van der Waals surface area contributed by atoms with Gasteiger partial charge in [-0.15, -0.1) is 0 Å². The van der Waals surface area contributed by atoms with Gasteiger partial charge in [0.2, 0.25) is 0 Å². The molecule has 0 aliphatic carbocycles. The van der Waals surface area contributed by atoms with Crippen molar-refractivity contribution in [3.63, 3.8) is 0 Å². The lowest BCUT2D eigenvalue weighted by molar-refractivity contribution is 0.472. The minimum absolute atomic E-state index is 0.603.